The fourth-order valence-corrected chi connectivity index (χ4v) is 3.33. The molecule has 1 saturated heterocycles. The zero-order valence-electron chi connectivity index (χ0n) is 13.3. The van der Waals surface area contributed by atoms with Gasteiger partial charge in [-0.25, -0.2) is 4.98 Å². The molecule has 122 valence electrons. The fraction of sp³-hybridized carbons (Fsp3) is 0.263. The maximum atomic E-state index is 13.0. The molecular weight excluding hydrogens is 302 g/mol. The summed E-state index contributed by atoms with van der Waals surface area (Å²) >= 11 is 0. The molecule has 5 nitrogen and oxygen atoms in total. The van der Waals surface area contributed by atoms with Gasteiger partial charge in [-0.15, -0.1) is 0 Å². The fourth-order valence-electron chi connectivity index (χ4n) is 3.33. The summed E-state index contributed by atoms with van der Waals surface area (Å²) in [4.78, 5) is 19.0. The third-order valence-corrected chi connectivity index (χ3v) is 4.57. The van der Waals surface area contributed by atoms with Gasteiger partial charge in [-0.05, 0) is 24.5 Å². The molecule has 0 spiro atoms. The van der Waals surface area contributed by atoms with Crippen molar-refractivity contribution in [3.05, 3.63) is 67.1 Å². The maximum Gasteiger partial charge on any atom is 0.290 e. The SMILES string of the molecule is O=C(c1occc1-c1ccccc1)N1CCC[C@@H](n2ccnc2)C1. The number of likely N-dealkylation sites (tertiary alicyclic amines) is 1. The molecule has 5 heteroatoms. The molecule has 0 unspecified atom stereocenters. The Hall–Kier alpha value is -2.82. The molecule has 1 aliphatic heterocycles. The monoisotopic (exact) mass is 321 g/mol. The molecule has 1 fully saturated rings. The van der Waals surface area contributed by atoms with Gasteiger partial charge in [-0.3, -0.25) is 4.79 Å². The van der Waals surface area contributed by atoms with Crippen molar-refractivity contribution < 1.29 is 9.21 Å². The predicted molar refractivity (Wildman–Crippen MR) is 90.5 cm³/mol. The zero-order valence-corrected chi connectivity index (χ0v) is 13.3. The van der Waals surface area contributed by atoms with Crippen molar-refractivity contribution in [3.8, 4) is 11.1 Å². The molecule has 4 rings (SSSR count). The number of rotatable bonds is 3. The number of aromatic nitrogens is 2. The normalized spacial score (nSPS) is 17.8. The van der Waals surface area contributed by atoms with E-state index in [2.05, 4.69) is 9.55 Å². The number of hydrogen-bond donors (Lipinski definition) is 0. The van der Waals surface area contributed by atoms with Crippen LogP contribution in [0.25, 0.3) is 11.1 Å². The van der Waals surface area contributed by atoms with Crippen molar-refractivity contribution in [2.45, 2.75) is 18.9 Å². The van der Waals surface area contributed by atoms with Crippen LogP contribution >= 0.6 is 0 Å². The second-order valence-electron chi connectivity index (χ2n) is 6.09. The molecule has 24 heavy (non-hydrogen) atoms. The lowest BCUT2D eigenvalue weighted by molar-refractivity contribution is 0.0648. The topological polar surface area (TPSA) is 51.3 Å². The summed E-state index contributed by atoms with van der Waals surface area (Å²) in [6.07, 6.45) is 9.19. The Morgan fingerprint density at radius 2 is 2.08 bits per heavy atom. The molecule has 1 aliphatic rings. The summed E-state index contributed by atoms with van der Waals surface area (Å²) in [5, 5.41) is 0. The maximum absolute atomic E-state index is 13.0. The molecule has 0 aliphatic carbocycles. The highest BCUT2D eigenvalue weighted by molar-refractivity contribution is 5.98. The van der Waals surface area contributed by atoms with E-state index in [1.54, 1.807) is 12.5 Å². The molecule has 1 amide bonds. The van der Waals surface area contributed by atoms with Crippen LogP contribution in [0.15, 0.2) is 65.8 Å². The van der Waals surface area contributed by atoms with Crippen molar-refractivity contribution in [2.75, 3.05) is 13.1 Å². The first-order valence-electron chi connectivity index (χ1n) is 8.22. The Labute approximate surface area is 140 Å². The Morgan fingerprint density at radius 1 is 1.21 bits per heavy atom. The van der Waals surface area contributed by atoms with Gasteiger partial charge in [0.15, 0.2) is 5.76 Å². The lowest BCUT2D eigenvalue weighted by Gasteiger charge is -2.33. The number of carbonyl (C=O) groups excluding carboxylic acids is 1. The number of carbonyl (C=O) groups is 1. The Bertz CT molecular complexity index is 808. The minimum atomic E-state index is -0.0383. The lowest BCUT2D eigenvalue weighted by atomic mass is 10.0. The molecule has 0 bridgehead atoms. The summed E-state index contributed by atoms with van der Waals surface area (Å²) in [5.41, 5.74) is 1.85. The summed E-state index contributed by atoms with van der Waals surface area (Å²) in [6, 6.07) is 12.0. The van der Waals surface area contributed by atoms with Gasteiger partial charge in [0.2, 0.25) is 0 Å². The number of benzene rings is 1. The molecule has 1 aromatic carbocycles. The Morgan fingerprint density at radius 3 is 2.88 bits per heavy atom. The van der Waals surface area contributed by atoms with Gasteiger partial charge in [0.25, 0.3) is 5.91 Å². The largest absolute Gasteiger partial charge is 0.459 e. The van der Waals surface area contributed by atoms with Crippen LogP contribution in [0, 0.1) is 0 Å². The molecule has 0 saturated carbocycles. The van der Waals surface area contributed by atoms with Crippen LogP contribution in [0.2, 0.25) is 0 Å². The second-order valence-corrected chi connectivity index (χ2v) is 6.09. The molecular formula is C19H19N3O2. The van der Waals surface area contributed by atoms with Crippen molar-refractivity contribution in [2.24, 2.45) is 0 Å². The van der Waals surface area contributed by atoms with E-state index >= 15 is 0 Å². The van der Waals surface area contributed by atoms with Gasteiger partial charge < -0.3 is 13.9 Å². The number of piperidine rings is 1. The first kappa shape index (κ1) is 14.8. The molecule has 3 aromatic rings. The van der Waals surface area contributed by atoms with Crippen LogP contribution < -0.4 is 0 Å². The number of imidazole rings is 1. The van der Waals surface area contributed by atoms with E-state index < -0.39 is 0 Å². The quantitative estimate of drug-likeness (QED) is 0.740. The van der Waals surface area contributed by atoms with Crippen molar-refractivity contribution in [1.82, 2.24) is 14.5 Å². The van der Waals surface area contributed by atoms with Gasteiger partial charge in [0.05, 0.1) is 18.6 Å². The average Bonchev–Trinajstić information content (AvgIpc) is 3.34. The van der Waals surface area contributed by atoms with Gasteiger partial charge in [-0.2, -0.15) is 0 Å². The van der Waals surface area contributed by atoms with Crippen molar-refractivity contribution in [1.29, 1.82) is 0 Å². The van der Waals surface area contributed by atoms with E-state index in [1.165, 1.54) is 0 Å². The Kier molecular flexibility index (Phi) is 3.91. The minimum Gasteiger partial charge on any atom is -0.459 e. The first-order chi connectivity index (χ1) is 11.8. The van der Waals surface area contributed by atoms with Gasteiger partial charge in [0.1, 0.15) is 0 Å². The van der Waals surface area contributed by atoms with Gasteiger partial charge in [0, 0.05) is 31.0 Å². The van der Waals surface area contributed by atoms with Gasteiger partial charge in [-0.1, -0.05) is 30.3 Å². The van der Waals surface area contributed by atoms with Crippen LogP contribution in [-0.2, 0) is 0 Å². The minimum absolute atomic E-state index is 0.0383. The number of hydrogen-bond acceptors (Lipinski definition) is 3. The van der Waals surface area contributed by atoms with E-state index in [0.717, 1.165) is 30.5 Å². The lowest BCUT2D eigenvalue weighted by Crippen LogP contribution is -2.40. The zero-order chi connectivity index (χ0) is 16.4. The van der Waals surface area contributed by atoms with E-state index in [-0.39, 0.29) is 11.9 Å². The molecule has 3 heterocycles. The Balaban J connectivity index is 1.57. The highest BCUT2D eigenvalue weighted by Crippen LogP contribution is 2.28. The number of furan rings is 1. The van der Waals surface area contributed by atoms with Crippen molar-refractivity contribution in [3.63, 3.8) is 0 Å². The van der Waals surface area contributed by atoms with E-state index in [1.807, 2.05) is 53.8 Å². The molecule has 0 N–H and O–H groups in total. The van der Waals surface area contributed by atoms with Crippen molar-refractivity contribution >= 4 is 5.91 Å². The average molecular weight is 321 g/mol. The van der Waals surface area contributed by atoms with E-state index in [0.29, 0.717) is 12.3 Å². The third kappa shape index (κ3) is 2.73. The molecule has 0 radical (unpaired) electrons. The summed E-state index contributed by atoms with van der Waals surface area (Å²) in [6.45, 7) is 1.45. The standard InChI is InChI=1S/C19H19N3O2/c23-19(18-17(8-12-24-18)15-5-2-1-3-6-15)21-10-4-7-16(13-21)22-11-9-20-14-22/h1-3,5-6,8-9,11-12,14,16H,4,7,10,13H2/t16-/m1/s1. The summed E-state index contributed by atoms with van der Waals surface area (Å²) < 4.78 is 7.63. The highest BCUT2D eigenvalue weighted by Gasteiger charge is 2.28. The van der Waals surface area contributed by atoms with Crippen LogP contribution in [0.1, 0.15) is 29.4 Å². The van der Waals surface area contributed by atoms with E-state index in [4.69, 9.17) is 4.42 Å². The van der Waals surface area contributed by atoms with Crippen LogP contribution in [0.5, 0.6) is 0 Å². The summed E-state index contributed by atoms with van der Waals surface area (Å²) in [5.74, 6) is 0.385. The second kappa shape index (κ2) is 6.35. The molecule has 1 atom stereocenters. The summed E-state index contributed by atoms with van der Waals surface area (Å²) in [7, 11) is 0. The number of amides is 1. The predicted octanol–water partition coefficient (Wildman–Crippen LogP) is 3.62. The molecule has 2 aromatic heterocycles. The van der Waals surface area contributed by atoms with Gasteiger partial charge >= 0.3 is 0 Å². The highest BCUT2D eigenvalue weighted by atomic mass is 16.3. The van der Waals surface area contributed by atoms with Crippen LogP contribution in [0.3, 0.4) is 0 Å². The van der Waals surface area contributed by atoms with Crippen LogP contribution in [0.4, 0.5) is 0 Å². The third-order valence-electron chi connectivity index (χ3n) is 4.57. The first-order valence-corrected chi connectivity index (χ1v) is 8.22. The smallest absolute Gasteiger partial charge is 0.290 e. The van der Waals surface area contributed by atoms with E-state index in [9.17, 15) is 4.79 Å². The number of nitrogens with zero attached hydrogens (tertiary/aromatic N) is 3. The van der Waals surface area contributed by atoms with Crippen LogP contribution in [-0.4, -0.2) is 33.4 Å².